The molecular formula is C16H17ClN2O3S. The molecule has 2 aromatic rings. The maximum atomic E-state index is 12.3. The van der Waals surface area contributed by atoms with E-state index in [-0.39, 0.29) is 22.2 Å². The Morgan fingerprint density at radius 2 is 1.70 bits per heavy atom. The Hall–Kier alpha value is -2.05. The van der Waals surface area contributed by atoms with E-state index in [1.165, 1.54) is 17.0 Å². The van der Waals surface area contributed by atoms with Gasteiger partial charge in [0.1, 0.15) is 4.90 Å². The third-order valence-electron chi connectivity index (χ3n) is 3.19. The number of rotatable bonds is 5. The maximum absolute atomic E-state index is 12.3. The van der Waals surface area contributed by atoms with Gasteiger partial charge in [-0.25, -0.2) is 8.42 Å². The van der Waals surface area contributed by atoms with E-state index in [0.717, 1.165) is 5.56 Å². The van der Waals surface area contributed by atoms with Gasteiger partial charge in [-0.3, -0.25) is 9.52 Å². The van der Waals surface area contributed by atoms with Crippen molar-refractivity contribution in [3.8, 4) is 0 Å². The van der Waals surface area contributed by atoms with Gasteiger partial charge < -0.3 is 4.90 Å². The molecule has 0 atom stereocenters. The summed E-state index contributed by atoms with van der Waals surface area (Å²) < 4.78 is 27.1. The highest BCUT2D eigenvalue weighted by atomic mass is 35.5. The van der Waals surface area contributed by atoms with E-state index >= 15 is 0 Å². The Kier molecular flexibility index (Phi) is 5.28. The van der Waals surface area contributed by atoms with Gasteiger partial charge in [-0.2, -0.15) is 0 Å². The van der Waals surface area contributed by atoms with Crippen LogP contribution in [0.4, 0.5) is 5.69 Å². The van der Waals surface area contributed by atoms with Crippen molar-refractivity contribution in [2.45, 2.75) is 11.3 Å². The summed E-state index contributed by atoms with van der Waals surface area (Å²) in [7, 11) is -0.373. The van der Waals surface area contributed by atoms with Crippen molar-refractivity contribution in [1.29, 1.82) is 0 Å². The van der Waals surface area contributed by atoms with Gasteiger partial charge >= 0.3 is 0 Å². The van der Waals surface area contributed by atoms with Crippen molar-refractivity contribution in [3.05, 3.63) is 59.1 Å². The molecule has 122 valence electrons. The Morgan fingerprint density at radius 3 is 2.26 bits per heavy atom. The Balaban J connectivity index is 2.15. The number of hydrogen-bond donors (Lipinski definition) is 1. The van der Waals surface area contributed by atoms with Crippen molar-refractivity contribution >= 4 is 33.2 Å². The highest BCUT2D eigenvalue weighted by Crippen LogP contribution is 2.23. The molecule has 23 heavy (non-hydrogen) atoms. The number of hydrogen-bond acceptors (Lipinski definition) is 3. The summed E-state index contributed by atoms with van der Waals surface area (Å²) in [6.45, 7) is 0. The van der Waals surface area contributed by atoms with E-state index in [0.29, 0.717) is 5.69 Å². The Morgan fingerprint density at radius 1 is 1.09 bits per heavy atom. The first-order chi connectivity index (χ1) is 10.8. The molecule has 0 saturated heterocycles. The molecule has 5 nitrogen and oxygen atoms in total. The topological polar surface area (TPSA) is 66.5 Å². The molecule has 0 aliphatic carbocycles. The number of nitrogens with one attached hydrogen (secondary N) is 1. The minimum Gasteiger partial charge on any atom is -0.349 e. The van der Waals surface area contributed by atoms with Crippen LogP contribution < -0.4 is 4.72 Å². The van der Waals surface area contributed by atoms with Crippen LogP contribution in [0.3, 0.4) is 0 Å². The average Bonchev–Trinajstić information content (AvgIpc) is 2.49. The van der Waals surface area contributed by atoms with Crippen LogP contribution in [0, 0.1) is 0 Å². The summed E-state index contributed by atoms with van der Waals surface area (Å²) in [6.07, 6.45) is 0.268. The first kappa shape index (κ1) is 17.3. The summed E-state index contributed by atoms with van der Waals surface area (Å²) in [6, 6.07) is 12.9. The normalized spacial score (nSPS) is 11.1. The second-order valence-electron chi connectivity index (χ2n) is 5.20. The zero-order chi connectivity index (χ0) is 17.0. The number of anilines is 1. The number of likely N-dealkylation sites (N-methyl/N-ethyl adjacent to an activating group) is 1. The van der Waals surface area contributed by atoms with Crippen LogP contribution in [0.5, 0.6) is 0 Å². The van der Waals surface area contributed by atoms with Crippen LogP contribution in [0.15, 0.2) is 53.4 Å². The number of halogens is 1. The van der Waals surface area contributed by atoms with E-state index in [1.807, 2.05) is 0 Å². The number of amides is 1. The van der Waals surface area contributed by atoms with Gasteiger partial charge in [0.15, 0.2) is 0 Å². The largest absolute Gasteiger partial charge is 0.349 e. The molecule has 0 unspecified atom stereocenters. The van der Waals surface area contributed by atoms with Crippen LogP contribution in [-0.4, -0.2) is 33.3 Å². The predicted molar refractivity (Wildman–Crippen MR) is 91.1 cm³/mol. The SMILES string of the molecule is CN(C)C(=O)Cc1ccc(NS(=O)(=O)c2ccccc2Cl)cc1. The molecule has 0 spiro atoms. The number of sulfonamides is 1. The molecule has 0 radical (unpaired) electrons. The number of carbonyl (C=O) groups excluding carboxylic acids is 1. The number of carbonyl (C=O) groups is 1. The van der Waals surface area contributed by atoms with Crippen molar-refractivity contribution in [2.75, 3.05) is 18.8 Å². The zero-order valence-electron chi connectivity index (χ0n) is 12.8. The minimum absolute atomic E-state index is 0.0191. The second-order valence-corrected chi connectivity index (χ2v) is 7.26. The number of nitrogens with zero attached hydrogens (tertiary/aromatic N) is 1. The fourth-order valence-electron chi connectivity index (χ4n) is 1.90. The standard InChI is InChI=1S/C16H17ClN2O3S/c1-19(2)16(20)11-12-7-9-13(10-8-12)18-23(21,22)15-6-4-3-5-14(15)17/h3-10,18H,11H2,1-2H3. The third kappa shape index (κ3) is 4.46. The smallest absolute Gasteiger partial charge is 0.263 e. The average molecular weight is 353 g/mol. The van der Waals surface area contributed by atoms with Crippen molar-refractivity contribution < 1.29 is 13.2 Å². The lowest BCUT2D eigenvalue weighted by Crippen LogP contribution is -2.23. The van der Waals surface area contributed by atoms with Crippen LogP contribution >= 0.6 is 11.6 Å². The van der Waals surface area contributed by atoms with Gasteiger partial charge in [-0.05, 0) is 29.8 Å². The van der Waals surface area contributed by atoms with Gasteiger partial charge in [0, 0.05) is 19.8 Å². The molecule has 2 rings (SSSR count). The van der Waals surface area contributed by atoms with Crippen molar-refractivity contribution in [2.24, 2.45) is 0 Å². The molecule has 1 amide bonds. The fourth-order valence-corrected chi connectivity index (χ4v) is 3.48. The van der Waals surface area contributed by atoms with Gasteiger partial charge in [-0.1, -0.05) is 35.9 Å². The third-order valence-corrected chi connectivity index (χ3v) is 5.07. The lowest BCUT2D eigenvalue weighted by molar-refractivity contribution is -0.127. The van der Waals surface area contributed by atoms with E-state index < -0.39 is 10.0 Å². The molecule has 0 fully saturated rings. The monoisotopic (exact) mass is 352 g/mol. The first-order valence-electron chi connectivity index (χ1n) is 6.86. The van der Waals surface area contributed by atoms with Crippen LogP contribution in [-0.2, 0) is 21.2 Å². The first-order valence-corrected chi connectivity index (χ1v) is 8.72. The van der Waals surface area contributed by atoms with Gasteiger partial charge in [0.2, 0.25) is 5.91 Å². The van der Waals surface area contributed by atoms with Crippen molar-refractivity contribution in [1.82, 2.24) is 4.90 Å². The highest BCUT2D eigenvalue weighted by molar-refractivity contribution is 7.92. The highest BCUT2D eigenvalue weighted by Gasteiger charge is 2.17. The molecule has 0 aliphatic rings. The minimum atomic E-state index is -3.75. The molecular weight excluding hydrogens is 336 g/mol. The van der Waals surface area contributed by atoms with E-state index in [4.69, 9.17) is 11.6 Å². The van der Waals surface area contributed by atoms with E-state index in [2.05, 4.69) is 4.72 Å². The lowest BCUT2D eigenvalue weighted by atomic mass is 10.1. The van der Waals surface area contributed by atoms with Crippen LogP contribution in [0.1, 0.15) is 5.56 Å². The van der Waals surface area contributed by atoms with Gasteiger partial charge in [0.05, 0.1) is 11.4 Å². The molecule has 0 aliphatic heterocycles. The zero-order valence-corrected chi connectivity index (χ0v) is 14.4. The van der Waals surface area contributed by atoms with E-state index in [9.17, 15) is 13.2 Å². The molecule has 7 heteroatoms. The maximum Gasteiger partial charge on any atom is 0.263 e. The molecule has 0 heterocycles. The Labute approximate surface area is 140 Å². The molecule has 0 bridgehead atoms. The molecule has 0 saturated carbocycles. The summed E-state index contributed by atoms with van der Waals surface area (Å²) in [5, 5.41) is 0.160. The van der Waals surface area contributed by atoms with Gasteiger partial charge in [-0.15, -0.1) is 0 Å². The molecule has 2 aromatic carbocycles. The summed E-state index contributed by atoms with van der Waals surface area (Å²) in [5.41, 5.74) is 1.22. The Bertz CT molecular complexity index is 802. The van der Waals surface area contributed by atoms with Gasteiger partial charge in [0.25, 0.3) is 10.0 Å². The van der Waals surface area contributed by atoms with Crippen LogP contribution in [0.2, 0.25) is 5.02 Å². The van der Waals surface area contributed by atoms with Crippen molar-refractivity contribution in [3.63, 3.8) is 0 Å². The number of benzene rings is 2. The summed E-state index contributed by atoms with van der Waals surface area (Å²) >= 11 is 5.93. The second kappa shape index (κ2) is 7.02. The summed E-state index contributed by atoms with van der Waals surface area (Å²) in [4.78, 5) is 13.2. The summed E-state index contributed by atoms with van der Waals surface area (Å²) in [5.74, 6) is -0.0191. The van der Waals surface area contributed by atoms with E-state index in [1.54, 1.807) is 50.5 Å². The lowest BCUT2D eigenvalue weighted by Gasteiger charge is -2.11. The predicted octanol–water partition coefficient (Wildman–Crippen LogP) is 2.77. The molecule has 1 N–H and O–H groups in total. The quantitative estimate of drug-likeness (QED) is 0.899. The van der Waals surface area contributed by atoms with Crippen LogP contribution in [0.25, 0.3) is 0 Å². The molecule has 0 aromatic heterocycles. The fraction of sp³-hybridized carbons (Fsp3) is 0.188.